The van der Waals surface area contributed by atoms with Crippen LogP contribution in [0.2, 0.25) is 0 Å². The van der Waals surface area contributed by atoms with Crippen molar-refractivity contribution in [3.05, 3.63) is 112 Å². The molecular weight excluding hydrogens is 420 g/mol. The smallest absolute Gasteiger partial charge is 0.266 e. The van der Waals surface area contributed by atoms with Gasteiger partial charge in [-0.25, -0.2) is 0 Å². The van der Waals surface area contributed by atoms with Crippen LogP contribution in [0.1, 0.15) is 27.8 Å². The fraction of sp³-hybridized carbons (Fsp3) is 0.133. The van der Waals surface area contributed by atoms with Gasteiger partial charge in [0, 0.05) is 16.8 Å². The summed E-state index contributed by atoms with van der Waals surface area (Å²) in [7, 11) is 0. The normalized spacial score (nSPS) is 11.2. The maximum Gasteiger partial charge on any atom is 0.266 e. The Morgan fingerprint density at radius 1 is 0.912 bits per heavy atom. The maximum atomic E-state index is 12.8. The lowest BCUT2D eigenvalue weighted by atomic mass is 10.0. The number of carbonyl (C=O) groups excluding carboxylic acids is 1. The minimum atomic E-state index is -0.453. The van der Waals surface area contributed by atoms with Gasteiger partial charge in [0.25, 0.3) is 5.91 Å². The molecule has 0 saturated heterocycles. The van der Waals surface area contributed by atoms with Crippen LogP contribution >= 0.6 is 0 Å². The highest BCUT2D eigenvalue weighted by atomic mass is 16.5. The third-order valence-electron chi connectivity index (χ3n) is 6.00. The first kappa shape index (κ1) is 22.8. The third kappa shape index (κ3) is 5.00. The highest BCUT2D eigenvalue weighted by molar-refractivity contribution is 6.09. The zero-order chi connectivity index (χ0) is 24.1. The van der Waals surface area contributed by atoms with E-state index in [0.29, 0.717) is 23.6 Å². The van der Waals surface area contributed by atoms with Gasteiger partial charge in [0.2, 0.25) is 0 Å². The largest absolute Gasteiger partial charge is 0.488 e. The number of rotatable bonds is 6. The summed E-state index contributed by atoms with van der Waals surface area (Å²) in [6, 6.07) is 27.6. The molecule has 168 valence electrons. The molecule has 1 amide bonds. The Morgan fingerprint density at radius 3 is 2.44 bits per heavy atom. The molecule has 4 aromatic carbocycles. The quantitative estimate of drug-likeness (QED) is 0.259. The lowest BCUT2D eigenvalue weighted by molar-refractivity contribution is -0.112. The fourth-order valence-corrected chi connectivity index (χ4v) is 3.84. The van der Waals surface area contributed by atoms with Crippen LogP contribution in [0.25, 0.3) is 16.8 Å². The van der Waals surface area contributed by atoms with E-state index in [9.17, 15) is 10.1 Å². The molecule has 0 bridgehead atoms. The Hall–Kier alpha value is -4.36. The Kier molecular flexibility index (Phi) is 6.75. The van der Waals surface area contributed by atoms with Gasteiger partial charge in [-0.3, -0.25) is 4.79 Å². The number of para-hydroxylation sites is 1. The standard InChI is InChI=1S/C30H26N2O2/c1-20-13-15-26(16-22(20)3)32-30(33)25(18-31)17-24-9-5-7-11-29(24)34-19-28-21(2)12-14-23-8-4-6-10-27(23)28/h4-17H,19H2,1-3H3,(H,32,33)/b25-17+. The molecule has 4 rings (SSSR count). The molecule has 0 radical (unpaired) electrons. The number of carbonyl (C=O) groups is 1. The van der Waals surface area contributed by atoms with E-state index < -0.39 is 5.91 Å². The minimum absolute atomic E-state index is 0.00983. The predicted octanol–water partition coefficient (Wildman–Crippen LogP) is 6.89. The average molecular weight is 447 g/mol. The van der Waals surface area contributed by atoms with E-state index in [1.807, 2.05) is 74.5 Å². The topological polar surface area (TPSA) is 62.1 Å². The SMILES string of the molecule is Cc1ccc(NC(=O)/C(C#N)=C/c2ccccc2OCc2c(C)ccc3ccccc23)cc1C. The van der Waals surface area contributed by atoms with Gasteiger partial charge in [0.05, 0.1) is 0 Å². The Labute approximate surface area is 200 Å². The van der Waals surface area contributed by atoms with Crippen molar-refractivity contribution in [2.75, 3.05) is 5.32 Å². The summed E-state index contributed by atoms with van der Waals surface area (Å²) in [6.45, 7) is 6.45. The number of benzene rings is 4. The number of hydrogen-bond donors (Lipinski definition) is 1. The maximum absolute atomic E-state index is 12.8. The molecule has 0 aromatic heterocycles. The van der Waals surface area contributed by atoms with E-state index in [2.05, 4.69) is 36.5 Å². The van der Waals surface area contributed by atoms with Gasteiger partial charge in [-0.1, -0.05) is 60.7 Å². The van der Waals surface area contributed by atoms with Crippen LogP contribution in [0.5, 0.6) is 5.75 Å². The number of hydrogen-bond acceptors (Lipinski definition) is 3. The Morgan fingerprint density at radius 2 is 1.65 bits per heavy atom. The van der Waals surface area contributed by atoms with Crippen LogP contribution in [-0.4, -0.2) is 5.91 Å². The molecule has 4 aromatic rings. The number of fused-ring (bicyclic) bond motifs is 1. The molecule has 0 fully saturated rings. The van der Waals surface area contributed by atoms with Crippen molar-refractivity contribution in [2.45, 2.75) is 27.4 Å². The summed E-state index contributed by atoms with van der Waals surface area (Å²) in [5, 5.41) is 14.8. The number of ether oxygens (including phenoxy) is 1. The van der Waals surface area contributed by atoms with Crippen molar-refractivity contribution in [2.24, 2.45) is 0 Å². The molecule has 0 spiro atoms. The fourth-order valence-electron chi connectivity index (χ4n) is 3.84. The molecule has 0 aliphatic heterocycles. The zero-order valence-corrected chi connectivity index (χ0v) is 19.6. The van der Waals surface area contributed by atoms with Crippen molar-refractivity contribution in [1.82, 2.24) is 0 Å². The molecule has 0 aliphatic carbocycles. The molecule has 0 atom stereocenters. The van der Waals surface area contributed by atoms with Crippen LogP contribution < -0.4 is 10.1 Å². The van der Waals surface area contributed by atoms with E-state index >= 15 is 0 Å². The number of anilines is 1. The first-order valence-electron chi connectivity index (χ1n) is 11.2. The Bertz CT molecular complexity index is 1440. The number of nitrogens with zero attached hydrogens (tertiary/aromatic N) is 1. The third-order valence-corrected chi connectivity index (χ3v) is 6.00. The van der Waals surface area contributed by atoms with Crippen molar-refractivity contribution in [1.29, 1.82) is 5.26 Å². The van der Waals surface area contributed by atoms with Crippen LogP contribution in [0, 0.1) is 32.1 Å². The first-order valence-corrected chi connectivity index (χ1v) is 11.2. The second-order valence-electron chi connectivity index (χ2n) is 8.33. The van der Waals surface area contributed by atoms with E-state index in [1.54, 1.807) is 6.08 Å². The molecule has 0 saturated carbocycles. The second-order valence-corrected chi connectivity index (χ2v) is 8.33. The molecule has 0 unspecified atom stereocenters. The van der Waals surface area contributed by atoms with Gasteiger partial charge in [0.15, 0.2) is 0 Å². The summed E-state index contributed by atoms with van der Waals surface area (Å²) >= 11 is 0. The number of aryl methyl sites for hydroxylation is 3. The molecule has 0 heterocycles. The summed E-state index contributed by atoms with van der Waals surface area (Å²) in [4.78, 5) is 12.8. The summed E-state index contributed by atoms with van der Waals surface area (Å²) in [6.07, 6.45) is 1.57. The van der Waals surface area contributed by atoms with Crippen molar-refractivity contribution in [3.63, 3.8) is 0 Å². The molecule has 4 nitrogen and oxygen atoms in total. The average Bonchev–Trinajstić information content (AvgIpc) is 2.84. The lowest BCUT2D eigenvalue weighted by Gasteiger charge is -2.14. The van der Waals surface area contributed by atoms with Gasteiger partial charge in [-0.2, -0.15) is 5.26 Å². The predicted molar refractivity (Wildman–Crippen MR) is 138 cm³/mol. The molecule has 4 heteroatoms. The van der Waals surface area contributed by atoms with Crippen molar-refractivity contribution in [3.8, 4) is 11.8 Å². The van der Waals surface area contributed by atoms with E-state index in [0.717, 1.165) is 33.0 Å². The number of nitriles is 1. The van der Waals surface area contributed by atoms with Gasteiger partial charge in [0.1, 0.15) is 24.0 Å². The second kappa shape index (κ2) is 10.1. The summed E-state index contributed by atoms with van der Waals surface area (Å²) < 4.78 is 6.20. The van der Waals surface area contributed by atoms with E-state index in [1.165, 1.54) is 0 Å². The van der Waals surface area contributed by atoms with Crippen molar-refractivity contribution < 1.29 is 9.53 Å². The molecule has 34 heavy (non-hydrogen) atoms. The van der Waals surface area contributed by atoms with E-state index in [4.69, 9.17) is 4.74 Å². The molecule has 0 aliphatic rings. The first-order chi connectivity index (χ1) is 16.5. The highest BCUT2D eigenvalue weighted by Gasteiger charge is 2.13. The van der Waals surface area contributed by atoms with Crippen LogP contribution in [-0.2, 0) is 11.4 Å². The zero-order valence-electron chi connectivity index (χ0n) is 19.6. The van der Waals surface area contributed by atoms with Crippen molar-refractivity contribution >= 4 is 28.4 Å². The minimum Gasteiger partial charge on any atom is -0.488 e. The van der Waals surface area contributed by atoms with Gasteiger partial charge >= 0.3 is 0 Å². The number of amides is 1. The number of nitrogens with one attached hydrogen (secondary N) is 1. The highest BCUT2D eigenvalue weighted by Crippen LogP contribution is 2.27. The monoisotopic (exact) mass is 446 g/mol. The lowest BCUT2D eigenvalue weighted by Crippen LogP contribution is -2.13. The van der Waals surface area contributed by atoms with Gasteiger partial charge < -0.3 is 10.1 Å². The summed E-state index contributed by atoms with van der Waals surface area (Å²) in [5.74, 6) is 0.159. The Balaban J connectivity index is 1.58. The summed E-state index contributed by atoms with van der Waals surface area (Å²) in [5.41, 5.74) is 5.82. The van der Waals surface area contributed by atoms with Gasteiger partial charge in [-0.15, -0.1) is 0 Å². The molecular formula is C30H26N2O2. The van der Waals surface area contributed by atoms with Crippen LogP contribution in [0.15, 0.2) is 84.4 Å². The molecule has 1 N–H and O–H groups in total. The van der Waals surface area contributed by atoms with Crippen LogP contribution in [0.4, 0.5) is 5.69 Å². The van der Waals surface area contributed by atoms with Gasteiger partial charge in [-0.05, 0) is 72.5 Å². The van der Waals surface area contributed by atoms with E-state index in [-0.39, 0.29) is 5.57 Å². The van der Waals surface area contributed by atoms with Crippen LogP contribution in [0.3, 0.4) is 0 Å².